The number of hydrogen-bond donors (Lipinski definition) is 1. The van der Waals surface area contributed by atoms with E-state index in [-0.39, 0.29) is 0 Å². The average Bonchev–Trinajstić information content (AvgIpc) is 2.59. The lowest BCUT2D eigenvalue weighted by Gasteiger charge is -2.02. The van der Waals surface area contributed by atoms with Crippen molar-refractivity contribution in [1.82, 2.24) is 0 Å². The molecule has 0 saturated carbocycles. The Morgan fingerprint density at radius 3 is 3.00 bits per heavy atom. The van der Waals surface area contributed by atoms with Gasteiger partial charge in [0.05, 0.1) is 7.11 Å². The highest BCUT2D eigenvalue weighted by Crippen LogP contribution is 2.29. The second-order valence-corrected chi connectivity index (χ2v) is 3.58. The van der Waals surface area contributed by atoms with Gasteiger partial charge in [-0.3, -0.25) is 0 Å². The number of methoxy groups -OCH3 is 1. The Hall–Kier alpha value is -1.28. The third-order valence-corrected chi connectivity index (χ3v) is 2.60. The van der Waals surface area contributed by atoms with E-state index in [1.165, 1.54) is 16.7 Å². The van der Waals surface area contributed by atoms with Crippen LogP contribution in [-0.2, 0) is 6.42 Å². The Balaban J connectivity index is 2.25. The molecule has 14 heavy (non-hydrogen) atoms. The van der Waals surface area contributed by atoms with E-state index in [4.69, 9.17) is 10.5 Å². The molecule has 2 N–H and O–H groups in total. The number of ether oxygens (including phenoxy) is 1. The molecule has 2 heteroatoms. The first-order valence-corrected chi connectivity index (χ1v) is 4.90. The highest BCUT2D eigenvalue weighted by atomic mass is 16.5. The SMILES string of the molecule is COc1ccc2c(c1)C=C(CCN)C2. The van der Waals surface area contributed by atoms with Crippen LogP contribution < -0.4 is 10.5 Å². The first-order chi connectivity index (χ1) is 6.83. The molecule has 0 heterocycles. The van der Waals surface area contributed by atoms with Crippen molar-refractivity contribution in [3.63, 3.8) is 0 Å². The van der Waals surface area contributed by atoms with Gasteiger partial charge < -0.3 is 10.5 Å². The third-order valence-electron chi connectivity index (χ3n) is 2.60. The molecule has 0 spiro atoms. The van der Waals surface area contributed by atoms with Gasteiger partial charge in [-0.25, -0.2) is 0 Å². The lowest BCUT2D eigenvalue weighted by molar-refractivity contribution is 0.414. The van der Waals surface area contributed by atoms with Crippen molar-refractivity contribution in [3.05, 3.63) is 34.9 Å². The molecule has 1 aliphatic rings. The van der Waals surface area contributed by atoms with Gasteiger partial charge >= 0.3 is 0 Å². The van der Waals surface area contributed by atoms with E-state index in [0.29, 0.717) is 0 Å². The van der Waals surface area contributed by atoms with Gasteiger partial charge in [-0.15, -0.1) is 0 Å². The van der Waals surface area contributed by atoms with Crippen molar-refractivity contribution in [2.24, 2.45) is 5.73 Å². The van der Waals surface area contributed by atoms with Gasteiger partial charge in [-0.05, 0) is 42.6 Å². The predicted octanol–water partition coefficient (Wildman–Crippen LogP) is 1.98. The summed E-state index contributed by atoms with van der Waals surface area (Å²) in [5.74, 6) is 0.925. The van der Waals surface area contributed by atoms with E-state index in [2.05, 4.69) is 18.2 Å². The summed E-state index contributed by atoms with van der Waals surface area (Å²) in [7, 11) is 1.70. The molecule has 2 nitrogen and oxygen atoms in total. The van der Waals surface area contributed by atoms with Gasteiger partial charge in [-0.2, -0.15) is 0 Å². The largest absolute Gasteiger partial charge is 0.497 e. The Morgan fingerprint density at radius 2 is 2.29 bits per heavy atom. The summed E-state index contributed by atoms with van der Waals surface area (Å²) in [6.07, 6.45) is 4.28. The number of hydrogen-bond acceptors (Lipinski definition) is 2. The molecule has 0 fully saturated rings. The predicted molar refractivity (Wildman–Crippen MR) is 58.3 cm³/mol. The molecular weight excluding hydrogens is 174 g/mol. The number of rotatable bonds is 3. The fraction of sp³-hybridized carbons (Fsp3) is 0.333. The molecule has 0 bridgehead atoms. The van der Waals surface area contributed by atoms with Crippen molar-refractivity contribution in [2.45, 2.75) is 12.8 Å². The zero-order valence-corrected chi connectivity index (χ0v) is 8.42. The summed E-state index contributed by atoms with van der Waals surface area (Å²) in [5, 5.41) is 0. The van der Waals surface area contributed by atoms with Crippen molar-refractivity contribution in [3.8, 4) is 5.75 Å². The monoisotopic (exact) mass is 189 g/mol. The number of nitrogens with two attached hydrogens (primary N) is 1. The van der Waals surface area contributed by atoms with Crippen LogP contribution in [0.2, 0.25) is 0 Å². The van der Waals surface area contributed by atoms with E-state index in [0.717, 1.165) is 25.1 Å². The second kappa shape index (κ2) is 3.84. The summed E-state index contributed by atoms with van der Waals surface area (Å²) >= 11 is 0. The normalized spacial score (nSPS) is 13.7. The summed E-state index contributed by atoms with van der Waals surface area (Å²) in [4.78, 5) is 0. The Morgan fingerprint density at radius 1 is 1.43 bits per heavy atom. The molecular formula is C12H15NO. The third kappa shape index (κ3) is 1.66. The highest BCUT2D eigenvalue weighted by Gasteiger charge is 2.12. The molecule has 1 aromatic rings. The maximum absolute atomic E-state index is 5.53. The minimum atomic E-state index is 0.733. The van der Waals surface area contributed by atoms with Crippen LogP contribution in [0.3, 0.4) is 0 Å². The van der Waals surface area contributed by atoms with Crippen molar-refractivity contribution in [2.75, 3.05) is 13.7 Å². The molecule has 0 unspecified atom stereocenters. The smallest absolute Gasteiger partial charge is 0.119 e. The van der Waals surface area contributed by atoms with Crippen LogP contribution in [0.1, 0.15) is 17.5 Å². The topological polar surface area (TPSA) is 35.2 Å². The van der Waals surface area contributed by atoms with Gasteiger partial charge in [0.15, 0.2) is 0 Å². The maximum Gasteiger partial charge on any atom is 0.119 e. The van der Waals surface area contributed by atoms with Gasteiger partial charge in [0.1, 0.15) is 5.75 Å². The van der Waals surface area contributed by atoms with Crippen LogP contribution in [0.4, 0.5) is 0 Å². The van der Waals surface area contributed by atoms with E-state index >= 15 is 0 Å². The van der Waals surface area contributed by atoms with Gasteiger partial charge in [-0.1, -0.05) is 17.7 Å². The quantitative estimate of drug-likeness (QED) is 0.789. The molecule has 74 valence electrons. The van der Waals surface area contributed by atoms with Gasteiger partial charge in [0, 0.05) is 0 Å². The van der Waals surface area contributed by atoms with Gasteiger partial charge in [0.25, 0.3) is 0 Å². The van der Waals surface area contributed by atoms with Crippen LogP contribution in [-0.4, -0.2) is 13.7 Å². The maximum atomic E-state index is 5.53. The molecule has 0 amide bonds. The van der Waals surface area contributed by atoms with Crippen molar-refractivity contribution >= 4 is 6.08 Å². The van der Waals surface area contributed by atoms with Crippen LogP contribution in [0.25, 0.3) is 6.08 Å². The lowest BCUT2D eigenvalue weighted by atomic mass is 10.1. The van der Waals surface area contributed by atoms with Crippen LogP contribution in [0, 0.1) is 0 Å². The molecule has 0 saturated heterocycles. The van der Waals surface area contributed by atoms with E-state index < -0.39 is 0 Å². The standard InChI is InChI=1S/C12H15NO/c1-14-12-3-2-10-6-9(4-5-13)7-11(10)8-12/h2-3,7-8H,4-6,13H2,1H3. The van der Waals surface area contributed by atoms with Crippen LogP contribution in [0.5, 0.6) is 5.75 Å². The minimum absolute atomic E-state index is 0.733. The van der Waals surface area contributed by atoms with Crippen molar-refractivity contribution in [1.29, 1.82) is 0 Å². The van der Waals surface area contributed by atoms with E-state index in [1.54, 1.807) is 7.11 Å². The first-order valence-electron chi connectivity index (χ1n) is 4.90. The molecule has 0 atom stereocenters. The molecule has 0 aliphatic heterocycles. The number of fused-ring (bicyclic) bond motifs is 1. The average molecular weight is 189 g/mol. The van der Waals surface area contributed by atoms with E-state index in [9.17, 15) is 0 Å². The summed E-state index contributed by atoms with van der Waals surface area (Å²) in [6.45, 7) is 0.733. The first kappa shape index (κ1) is 9.28. The molecule has 1 aromatic carbocycles. The zero-order chi connectivity index (χ0) is 9.97. The summed E-state index contributed by atoms with van der Waals surface area (Å²) < 4.78 is 5.18. The molecule has 2 rings (SSSR count). The van der Waals surface area contributed by atoms with Gasteiger partial charge in [0.2, 0.25) is 0 Å². The highest BCUT2D eigenvalue weighted by molar-refractivity contribution is 5.65. The van der Waals surface area contributed by atoms with E-state index in [1.807, 2.05) is 6.07 Å². The molecule has 0 aromatic heterocycles. The number of benzene rings is 1. The minimum Gasteiger partial charge on any atom is -0.497 e. The lowest BCUT2D eigenvalue weighted by Crippen LogP contribution is -1.99. The fourth-order valence-corrected chi connectivity index (χ4v) is 1.86. The Kier molecular flexibility index (Phi) is 2.55. The van der Waals surface area contributed by atoms with Crippen molar-refractivity contribution < 1.29 is 4.74 Å². The Labute approximate surface area is 84.4 Å². The van der Waals surface area contributed by atoms with Crippen LogP contribution in [0.15, 0.2) is 23.8 Å². The molecule has 1 aliphatic carbocycles. The van der Waals surface area contributed by atoms with Crippen LogP contribution >= 0.6 is 0 Å². The fourth-order valence-electron chi connectivity index (χ4n) is 1.86. The summed E-state index contributed by atoms with van der Waals surface area (Å²) in [6, 6.07) is 6.23. The zero-order valence-electron chi connectivity index (χ0n) is 8.42. The summed E-state index contributed by atoms with van der Waals surface area (Å²) in [5.41, 5.74) is 9.63. The second-order valence-electron chi connectivity index (χ2n) is 3.58. The Bertz CT molecular complexity index is 369. The molecule has 0 radical (unpaired) electrons.